The molecule has 1 aliphatic carbocycles. The van der Waals surface area contributed by atoms with E-state index in [1.807, 2.05) is 0 Å². The Morgan fingerprint density at radius 2 is 2.00 bits per heavy atom. The molecule has 0 spiro atoms. The second kappa shape index (κ2) is 5.65. The molecule has 0 aliphatic heterocycles. The predicted molar refractivity (Wildman–Crippen MR) is 70.3 cm³/mol. The Labute approximate surface area is 111 Å². The van der Waals surface area contributed by atoms with E-state index < -0.39 is 12.1 Å². The Morgan fingerprint density at radius 1 is 1.32 bits per heavy atom. The van der Waals surface area contributed by atoms with Gasteiger partial charge in [0.1, 0.15) is 12.1 Å². The van der Waals surface area contributed by atoms with E-state index in [0.717, 1.165) is 11.3 Å². The van der Waals surface area contributed by atoms with Crippen LogP contribution >= 0.6 is 0 Å². The highest BCUT2D eigenvalue weighted by Gasteiger charge is 2.34. The minimum absolute atomic E-state index is 0.125. The van der Waals surface area contributed by atoms with Gasteiger partial charge in [-0.1, -0.05) is 18.2 Å². The van der Waals surface area contributed by atoms with Gasteiger partial charge >= 0.3 is 0 Å². The topological polar surface area (TPSA) is 72.8 Å². The monoisotopic (exact) mass is 259 g/mol. The number of nitrogens with zero attached hydrogens (tertiary/aromatic N) is 2. The van der Waals surface area contributed by atoms with Gasteiger partial charge < -0.3 is 14.8 Å². The van der Waals surface area contributed by atoms with Gasteiger partial charge in [0.15, 0.2) is 5.78 Å². The zero-order valence-electron chi connectivity index (χ0n) is 10.7. The number of hydrogen-bond acceptors (Lipinski definition) is 4. The Morgan fingerprint density at radius 3 is 2.58 bits per heavy atom. The minimum Gasteiger partial charge on any atom is -0.530 e. The molecule has 5 nitrogen and oxygen atoms in total. The first kappa shape index (κ1) is 13.3. The molecule has 19 heavy (non-hydrogen) atoms. The predicted octanol–water partition coefficient (Wildman–Crippen LogP) is 1.03. The minimum atomic E-state index is -1.38. The molecule has 1 aliphatic rings. The van der Waals surface area contributed by atoms with E-state index >= 15 is 0 Å². The lowest BCUT2D eigenvalue weighted by atomic mass is 9.90. The maximum atomic E-state index is 12.1. The molecular weight excluding hydrogens is 244 g/mol. The molecule has 1 saturated carbocycles. The van der Waals surface area contributed by atoms with Crippen LogP contribution in [0.4, 0.5) is 10.5 Å². The smallest absolute Gasteiger partial charge is 0.161 e. The van der Waals surface area contributed by atoms with Crippen LogP contribution in [0.2, 0.25) is 0 Å². The molecule has 2 rings (SSSR count). The van der Waals surface area contributed by atoms with E-state index in [9.17, 15) is 14.7 Å². The molecular formula is C14H15N2O3-. The van der Waals surface area contributed by atoms with Gasteiger partial charge in [-0.3, -0.25) is 9.79 Å². The van der Waals surface area contributed by atoms with Gasteiger partial charge in [0.25, 0.3) is 0 Å². The molecule has 0 radical (unpaired) electrons. The van der Waals surface area contributed by atoms with Gasteiger partial charge in [-0.15, -0.1) is 0 Å². The van der Waals surface area contributed by atoms with E-state index in [1.165, 1.54) is 0 Å². The van der Waals surface area contributed by atoms with E-state index in [1.54, 1.807) is 37.4 Å². The summed E-state index contributed by atoms with van der Waals surface area (Å²) in [5.41, 5.74) is 1.04. The van der Waals surface area contributed by atoms with E-state index in [-0.39, 0.29) is 5.78 Å². The number of aliphatic imine (C=N–C) groups is 1. The summed E-state index contributed by atoms with van der Waals surface area (Å²) in [6, 6.07) is 7.68. The van der Waals surface area contributed by atoms with Gasteiger partial charge in [-0.2, -0.15) is 0 Å². The van der Waals surface area contributed by atoms with Gasteiger partial charge in [0.2, 0.25) is 0 Å². The van der Waals surface area contributed by atoms with Crippen molar-refractivity contribution in [1.82, 2.24) is 0 Å². The molecule has 1 unspecified atom stereocenters. The van der Waals surface area contributed by atoms with E-state index in [2.05, 4.69) is 4.99 Å². The molecule has 1 aromatic rings. The summed E-state index contributed by atoms with van der Waals surface area (Å²) in [4.78, 5) is 28.6. The Balaban J connectivity index is 2.43. The van der Waals surface area contributed by atoms with Crippen LogP contribution in [-0.2, 0) is 4.79 Å². The number of ketones is 1. The SMILES string of the molecule is CN=C1CCCC(=O)C1N(C(=O)[O-])c1ccccc1. The van der Waals surface area contributed by atoms with Crippen molar-refractivity contribution in [3.8, 4) is 0 Å². The van der Waals surface area contributed by atoms with Crippen LogP contribution in [0.1, 0.15) is 19.3 Å². The highest BCUT2D eigenvalue weighted by Crippen LogP contribution is 2.23. The maximum Gasteiger partial charge on any atom is 0.161 e. The summed E-state index contributed by atoms with van der Waals surface area (Å²) in [5.74, 6) is -0.125. The van der Waals surface area contributed by atoms with Crippen molar-refractivity contribution in [2.45, 2.75) is 25.3 Å². The first-order valence-corrected chi connectivity index (χ1v) is 6.18. The standard InChI is InChI=1S/C14H16N2O3/c1-15-11-8-5-9-12(17)13(11)16(14(18)19)10-6-3-2-4-7-10/h2-4,6-7,13H,5,8-9H2,1H3,(H,18,19)/p-1. The zero-order valence-corrected chi connectivity index (χ0v) is 10.7. The van der Waals surface area contributed by atoms with Crippen molar-refractivity contribution in [1.29, 1.82) is 0 Å². The molecule has 1 fully saturated rings. The summed E-state index contributed by atoms with van der Waals surface area (Å²) >= 11 is 0. The quantitative estimate of drug-likeness (QED) is 0.796. The average molecular weight is 259 g/mol. The second-order valence-electron chi connectivity index (χ2n) is 4.41. The lowest BCUT2D eigenvalue weighted by Crippen LogP contribution is -2.56. The lowest BCUT2D eigenvalue weighted by molar-refractivity contribution is -0.246. The van der Waals surface area contributed by atoms with Crippen molar-refractivity contribution in [2.75, 3.05) is 11.9 Å². The lowest BCUT2D eigenvalue weighted by Gasteiger charge is -2.35. The molecule has 0 bridgehead atoms. The van der Waals surface area contributed by atoms with Crippen LogP contribution in [0.15, 0.2) is 35.3 Å². The van der Waals surface area contributed by atoms with Crippen LogP contribution in [0.25, 0.3) is 0 Å². The Hall–Kier alpha value is -2.17. The second-order valence-corrected chi connectivity index (χ2v) is 4.41. The molecule has 1 aromatic carbocycles. The fourth-order valence-corrected chi connectivity index (χ4v) is 2.38. The highest BCUT2D eigenvalue weighted by atomic mass is 16.4. The number of carbonyl (C=O) groups excluding carboxylic acids is 2. The normalized spacial score (nSPS) is 21.4. The number of para-hydroxylation sites is 1. The van der Waals surface area contributed by atoms with Gasteiger partial charge in [-0.25, -0.2) is 0 Å². The molecule has 0 aromatic heterocycles. The summed E-state index contributed by atoms with van der Waals surface area (Å²) < 4.78 is 0. The van der Waals surface area contributed by atoms with Gasteiger partial charge in [0, 0.05) is 24.9 Å². The van der Waals surface area contributed by atoms with E-state index in [4.69, 9.17) is 0 Å². The molecule has 1 amide bonds. The first-order chi connectivity index (χ1) is 9.15. The van der Waals surface area contributed by atoms with Crippen molar-refractivity contribution >= 4 is 23.3 Å². The molecule has 0 heterocycles. The number of hydrogen-bond donors (Lipinski definition) is 0. The number of benzene rings is 1. The van der Waals surface area contributed by atoms with Crippen LogP contribution in [0, 0.1) is 0 Å². The van der Waals surface area contributed by atoms with Gasteiger partial charge in [-0.05, 0) is 25.0 Å². The number of carbonyl (C=O) groups is 2. The third-order valence-electron chi connectivity index (χ3n) is 3.25. The van der Waals surface area contributed by atoms with Crippen molar-refractivity contribution < 1.29 is 14.7 Å². The van der Waals surface area contributed by atoms with Crippen molar-refractivity contribution in [3.63, 3.8) is 0 Å². The van der Waals surface area contributed by atoms with Crippen molar-refractivity contribution in [2.24, 2.45) is 4.99 Å². The molecule has 0 saturated heterocycles. The summed E-state index contributed by atoms with van der Waals surface area (Å²) in [5, 5.41) is 11.4. The largest absolute Gasteiger partial charge is 0.530 e. The summed E-state index contributed by atoms with van der Waals surface area (Å²) in [7, 11) is 1.58. The van der Waals surface area contributed by atoms with Gasteiger partial charge in [0.05, 0.1) is 0 Å². The Kier molecular flexibility index (Phi) is 3.94. The molecule has 0 N–H and O–H groups in total. The number of amides is 1. The van der Waals surface area contributed by atoms with Crippen LogP contribution in [-0.4, -0.2) is 30.7 Å². The van der Waals surface area contributed by atoms with Crippen LogP contribution in [0.5, 0.6) is 0 Å². The third kappa shape index (κ3) is 2.65. The molecule has 100 valence electrons. The van der Waals surface area contributed by atoms with Crippen molar-refractivity contribution in [3.05, 3.63) is 30.3 Å². The number of anilines is 1. The van der Waals surface area contributed by atoms with E-state index in [0.29, 0.717) is 24.2 Å². The molecule has 5 heteroatoms. The zero-order chi connectivity index (χ0) is 13.8. The summed E-state index contributed by atoms with van der Waals surface area (Å²) in [6.07, 6.45) is 0.356. The molecule has 1 atom stereocenters. The Bertz CT molecular complexity index is 511. The number of Topliss-reactive ketones (excluding diaryl/α,β-unsaturated/α-hetero) is 1. The fraction of sp³-hybridized carbons (Fsp3) is 0.357. The van der Waals surface area contributed by atoms with Crippen LogP contribution < -0.4 is 10.0 Å². The fourth-order valence-electron chi connectivity index (χ4n) is 2.38. The summed E-state index contributed by atoms with van der Waals surface area (Å²) in [6.45, 7) is 0. The third-order valence-corrected chi connectivity index (χ3v) is 3.25. The first-order valence-electron chi connectivity index (χ1n) is 6.18. The number of rotatable bonds is 2. The average Bonchev–Trinajstić information content (AvgIpc) is 2.41. The maximum absolute atomic E-state index is 12.1. The number of carboxylic acid groups (broad SMARTS) is 1. The highest BCUT2D eigenvalue weighted by molar-refractivity contribution is 6.16. The van der Waals surface area contributed by atoms with Crippen LogP contribution in [0.3, 0.4) is 0 Å².